The van der Waals surface area contributed by atoms with E-state index in [4.69, 9.17) is 14.7 Å². The van der Waals surface area contributed by atoms with Crippen molar-refractivity contribution in [1.29, 1.82) is 5.26 Å². The van der Waals surface area contributed by atoms with Crippen LogP contribution in [0.2, 0.25) is 0 Å². The second-order valence-corrected chi connectivity index (χ2v) is 3.40. The second-order valence-electron chi connectivity index (χ2n) is 3.40. The summed E-state index contributed by atoms with van der Waals surface area (Å²) in [5, 5.41) is 8.88. The van der Waals surface area contributed by atoms with Gasteiger partial charge in [0.25, 0.3) is 0 Å². The summed E-state index contributed by atoms with van der Waals surface area (Å²) in [4.78, 5) is 0. The molecule has 3 heteroatoms. The van der Waals surface area contributed by atoms with Crippen molar-refractivity contribution in [2.24, 2.45) is 0 Å². The quantitative estimate of drug-likeness (QED) is 0.756. The Morgan fingerprint density at radius 1 is 1.13 bits per heavy atom. The Morgan fingerprint density at radius 2 is 1.60 bits per heavy atom. The maximum atomic E-state index is 8.88. The molecule has 0 aliphatic heterocycles. The molecular formula is C12H15NO2. The molecule has 0 aliphatic rings. The molecule has 0 saturated heterocycles. The van der Waals surface area contributed by atoms with Crippen molar-refractivity contribution in [3.63, 3.8) is 0 Å². The molecule has 0 bridgehead atoms. The van der Waals surface area contributed by atoms with E-state index in [0.717, 1.165) is 16.7 Å². The van der Waals surface area contributed by atoms with Gasteiger partial charge in [-0.05, 0) is 35.7 Å². The lowest BCUT2D eigenvalue weighted by Crippen LogP contribution is -2.00. The molecule has 0 aliphatic carbocycles. The zero-order chi connectivity index (χ0) is 11.3. The van der Waals surface area contributed by atoms with Gasteiger partial charge >= 0.3 is 0 Å². The summed E-state index contributed by atoms with van der Waals surface area (Å²) in [6.45, 7) is 3.07. The summed E-state index contributed by atoms with van der Waals surface area (Å²) < 4.78 is 10.2. The first kappa shape index (κ1) is 11.7. The monoisotopic (exact) mass is 205 g/mol. The Kier molecular flexibility index (Phi) is 4.29. The Hall–Kier alpha value is -1.37. The molecule has 0 unspecified atom stereocenters. The van der Waals surface area contributed by atoms with Crippen molar-refractivity contribution in [2.45, 2.75) is 20.1 Å². The fourth-order valence-electron chi connectivity index (χ4n) is 1.52. The number of benzene rings is 1. The molecule has 0 heterocycles. The van der Waals surface area contributed by atoms with Crippen LogP contribution in [0, 0.1) is 18.3 Å². The number of nitriles is 1. The fraction of sp³-hybridized carbons (Fsp3) is 0.417. The lowest BCUT2D eigenvalue weighted by atomic mass is 10.00. The molecule has 0 radical (unpaired) electrons. The molecule has 0 atom stereocenters. The molecule has 0 saturated carbocycles. The van der Waals surface area contributed by atoms with Crippen molar-refractivity contribution in [3.05, 3.63) is 34.4 Å². The maximum absolute atomic E-state index is 8.88. The Morgan fingerprint density at radius 3 is 1.93 bits per heavy atom. The van der Waals surface area contributed by atoms with E-state index in [1.165, 1.54) is 0 Å². The molecule has 0 amide bonds. The third-order valence-corrected chi connectivity index (χ3v) is 2.35. The molecule has 0 N–H and O–H groups in total. The van der Waals surface area contributed by atoms with E-state index in [0.29, 0.717) is 18.8 Å². The summed E-state index contributed by atoms with van der Waals surface area (Å²) in [5.74, 6) is 0. The van der Waals surface area contributed by atoms with Crippen LogP contribution in [0.25, 0.3) is 0 Å². The summed E-state index contributed by atoms with van der Waals surface area (Å²) >= 11 is 0. The zero-order valence-electron chi connectivity index (χ0n) is 9.33. The highest BCUT2D eigenvalue weighted by Crippen LogP contribution is 2.18. The first-order valence-corrected chi connectivity index (χ1v) is 4.73. The van der Waals surface area contributed by atoms with Crippen LogP contribution < -0.4 is 0 Å². The molecule has 0 spiro atoms. The van der Waals surface area contributed by atoms with Crippen molar-refractivity contribution in [3.8, 4) is 6.07 Å². The predicted octanol–water partition coefficient (Wildman–Crippen LogP) is 2.16. The van der Waals surface area contributed by atoms with Crippen LogP contribution in [0.1, 0.15) is 22.3 Å². The van der Waals surface area contributed by atoms with Gasteiger partial charge in [0.15, 0.2) is 0 Å². The molecular weight excluding hydrogens is 190 g/mol. The van der Waals surface area contributed by atoms with Gasteiger partial charge in [0.2, 0.25) is 0 Å². The van der Waals surface area contributed by atoms with Crippen LogP contribution in [0.15, 0.2) is 12.1 Å². The third-order valence-electron chi connectivity index (χ3n) is 2.35. The molecule has 0 fully saturated rings. The second kappa shape index (κ2) is 5.50. The van der Waals surface area contributed by atoms with E-state index < -0.39 is 0 Å². The highest BCUT2D eigenvalue weighted by molar-refractivity contribution is 5.42. The fourth-order valence-corrected chi connectivity index (χ4v) is 1.52. The summed E-state index contributed by atoms with van der Waals surface area (Å²) in [6.07, 6.45) is 0. The standard InChI is InChI=1S/C12H15NO2/c1-9-11(7-14-2)4-10(6-13)5-12(9)8-15-3/h4-5H,7-8H2,1-3H3. The normalized spacial score (nSPS) is 10.0. The number of nitrogens with zero attached hydrogens (tertiary/aromatic N) is 1. The average Bonchev–Trinajstić information content (AvgIpc) is 2.24. The SMILES string of the molecule is COCc1cc(C#N)cc(COC)c1C. The van der Waals surface area contributed by atoms with Crippen molar-refractivity contribution in [1.82, 2.24) is 0 Å². The summed E-state index contributed by atoms with van der Waals surface area (Å²) in [5.41, 5.74) is 3.88. The van der Waals surface area contributed by atoms with Crippen LogP contribution in [0.3, 0.4) is 0 Å². The first-order valence-electron chi connectivity index (χ1n) is 4.73. The highest BCUT2D eigenvalue weighted by atomic mass is 16.5. The minimum absolute atomic E-state index is 0.526. The van der Waals surface area contributed by atoms with Crippen molar-refractivity contribution in [2.75, 3.05) is 14.2 Å². The van der Waals surface area contributed by atoms with Crippen LogP contribution in [-0.4, -0.2) is 14.2 Å². The van der Waals surface area contributed by atoms with Gasteiger partial charge in [0.1, 0.15) is 0 Å². The van der Waals surface area contributed by atoms with Crippen LogP contribution in [0.4, 0.5) is 0 Å². The van der Waals surface area contributed by atoms with Crippen LogP contribution in [0.5, 0.6) is 0 Å². The smallest absolute Gasteiger partial charge is 0.0991 e. The van der Waals surface area contributed by atoms with Gasteiger partial charge in [-0.1, -0.05) is 0 Å². The van der Waals surface area contributed by atoms with Gasteiger partial charge < -0.3 is 9.47 Å². The molecule has 1 rings (SSSR count). The molecule has 1 aromatic carbocycles. The molecule has 3 nitrogen and oxygen atoms in total. The molecule has 1 aromatic rings. The maximum Gasteiger partial charge on any atom is 0.0991 e. The summed E-state index contributed by atoms with van der Waals surface area (Å²) in [6, 6.07) is 5.86. The summed E-state index contributed by atoms with van der Waals surface area (Å²) in [7, 11) is 3.29. The van der Waals surface area contributed by atoms with E-state index >= 15 is 0 Å². The van der Waals surface area contributed by atoms with E-state index in [9.17, 15) is 0 Å². The number of ether oxygens (including phenoxy) is 2. The zero-order valence-corrected chi connectivity index (χ0v) is 9.33. The minimum Gasteiger partial charge on any atom is -0.380 e. The van der Waals surface area contributed by atoms with Gasteiger partial charge in [-0.3, -0.25) is 0 Å². The van der Waals surface area contributed by atoms with Gasteiger partial charge in [-0.2, -0.15) is 5.26 Å². The lowest BCUT2D eigenvalue weighted by molar-refractivity contribution is 0.179. The van der Waals surface area contributed by atoms with Crippen molar-refractivity contribution >= 4 is 0 Å². The Bertz CT molecular complexity index is 353. The number of hydrogen-bond acceptors (Lipinski definition) is 3. The van der Waals surface area contributed by atoms with E-state index in [2.05, 4.69) is 6.07 Å². The van der Waals surface area contributed by atoms with E-state index in [1.807, 2.05) is 19.1 Å². The highest BCUT2D eigenvalue weighted by Gasteiger charge is 2.06. The average molecular weight is 205 g/mol. The minimum atomic E-state index is 0.526. The predicted molar refractivity (Wildman–Crippen MR) is 57.3 cm³/mol. The van der Waals surface area contributed by atoms with Crippen molar-refractivity contribution < 1.29 is 9.47 Å². The molecule has 15 heavy (non-hydrogen) atoms. The Balaban J connectivity index is 3.15. The molecule has 80 valence electrons. The third kappa shape index (κ3) is 2.79. The lowest BCUT2D eigenvalue weighted by Gasteiger charge is -2.11. The van der Waals surface area contributed by atoms with Crippen LogP contribution in [-0.2, 0) is 22.7 Å². The topological polar surface area (TPSA) is 42.2 Å². The van der Waals surface area contributed by atoms with Gasteiger partial charge in [0, 0.05) is 14.2 Å². The number of rotatable bonds is 4. The largest absolute Gasteiger partial charge is 0.380 e. The molecule has 0 aromatic heterocycles. The van der Waals surface area contributed by atoms with Gasteiger partial charge in [-0.15, -0.1) is 0 Å². The van der Waals surface area contributed by atoms with E-state index in [-0.39, 0.29) is 0 Å². The number of methoxy groups -OCH3 is 2. The van der Waals surface area contributed by atoms with Crippen LogP contribution >= 0.6 is 0 Å². The van der Waals surface area contributed by atoms with E-state index in [1.54, 1.807) is 14.2 Å². The van der Waals surface area contributed by atoms with Gasteiger partial charge in [0.05, 0.1) is 24.8 Å². The van der Waals surface area contributed by atoms with Gasteiger partial charge in [-0.25, -0.2) is 0 Å². The first-order chi connectivity index (χ1) is 7.22. The number of hydrogen-bond donors (Lipinski definition) is 0. The Labute approximate surface area is 90.2 Å².